The molecule has 6 rings (SSSR count). The largest absolute Gasteiger partial charge is 0.352 e. The SMILES string of the molecule is Cc1ncccc1Nc1cc2nc3ccccc3n(-c3ccc(Cl)cc3Cl)c-2c/c1=N\C1CC1. The van der Waals surface area contributed by atoms with E-state index in [1.165, 1.54) is 0 Å². The van der Waals surface area contributed by atoms with Gasteiger partial charge in [0.05, 0.1) is 61.6 Å². The van der Waals surface area contributed by atoms with Gasteiger partial charge in [-0.1, -0.05) is 35.3 Å². The first-order valence-electron chi connectivity index (χ1n) is 11.2. The number of rotatable bonds is 4. The smallest absolute Gasteiger partial charge is 0.0900 e. The molecule has 1 aromatic heterocycles. The van der Waals surface area contributed by atoms with Crippen molar-refractivity contribution in [2.24, 2.45) is 4.99 Å². The van der Waals surface area contributed by atoms with E-state index >= 15 is 0 Å². The number of nitrogens with zero attached hydrogens (tertiary/aromatic N) is 4. The van der Waals surface area contributed by atoms with Crippen LogP contribution in [-0.4, -0.2) is 20.6 Å². The molecule has 1 aliphatic heterocycles. The van der Waals surface area contributed by atoms with E-state index in [4.69, 9.17) is 33.2 Å². The van der Waals surface area contributed by atoms with Gasteiger partial charge < -0.3 is 9.88 Å². The first kappa shape index (κ1) is 21.1. The second-order valence-corrected chi connectivity index (χ2v) is 9.36. The lowest BCUT2D eigenvalue weighted by atomic mass is 10.1. The third kappa shape index (κ3) is 3.91. The van der Waals surface area contributed by atoms with Crippen molar-refractivity contribution in [3.8, 4) is 17.1 Å². The van der Waals surface area contributed by atoms with Crippen LogP contribution in [0.4, 0.5) is 11.4 Å². The van der Waals surface area contributed by atoms with Gasteiger partial charge in [0.15, 0.2) is 0 Å². The van der Waals surface area contributed by atoms with E-state index in [9.17, 15) is 0 Å². The number of para-hydroxylation sites is 2. The van der Waals surface area contributed by atoms with Gasteiger partial charge in [-0.3, -0.25) is 9.98 Å². The number of hydrogen-bond donors (Lipinski definition) is 1. The van der Waals surface area contributed by atoms with E-state index in [0.29, 0.717) is 16.1 Å². The number of hydrogen-bond acceptors (Lipinski definition) is 4. The first-order valence-corrected chi connectivity index (χ1v) is 12.0. The van der Waals surface area contributed by atoms with E-state index in [1.807, 2.05) is 49.4 Å². The number of fused-ring (bicyclic) bond motifs is 2. The molecule has 168 valence electrons. The predicted molar refractivity (Wildman–Crippen MR) is 139 cm³/mol. The van der Waals surface area contributed by atoms with E-state index in [0.717, 1.165) is 63.4 Å². The minimum absolute atomic E-state index is 0.356. The van der Waals surface area contributed by atoms with Crippen LogP contribution >= 0.6 is 23.2 Å². The van der Waals surface area contributed by atoms with Gasteiger partial charge in [-0.25, -0.2) is 4.98 Å². The van der Waals surface area contributed by atoms with Gasteiger partial charge >= 0.3 is 0 Å². The van der Waals surface area contributed by atoms with Gasteiger partial charge in [0.2, 0.25) is 0 Å². The van der Waals surface area contributed by atoms with Crippen LogP contribution in [0, 0.1) is 6.92 Å². The predicted octanol–water partition coefficient (Wildman–Crippen LogP) is 6.95. The standard InChI is InChI=1S/C27H21Cl2N5/c1-16-20(6-4-12-30-16)32-22-14-24-27(15-23(22)31-18-9-10-18)34(25-11-8-17(28)13-19(25)29)26-7-3-2-5-21(26)33-24/h2-8,11-15,18,32H,9-10H2,1H3/b31-23+. The van der Waals surface area contributed by atoms with Crippen molar-refractivity contribution in [3.05, 3.63) is 94.0 Å². The van der Waals surface area contributed by atoms with Crippen molar-refractivity contribution >= 4 is 45.6 Å². The Hall–Kier alpha value is -3.41. The molecule has 0 saturated heterocycles. The van der Waals surface area contributed by atoms with Gasteiger partial charge in [0.1, 0.15) is 0 Å². The van der Waals surface area contributed by atoms with Crippen molar-refractivity contribution in [3.63, 3.8) is 0 Å². The normalized spacial score (nSPS) is 14.1. The van der Waals surface area contributed by atoms with Crippen LogP contribution in [0.15, 0.2) is 77.9 Å². The molecular weight excluding hydrogens is 465 g/mol. The number of nitrogens with one attached hydrogen (secondary N) is 1. The molecule has 7 heteroatoms. The molecule has 0 amide bonds. The highest BCUT2D eigenvalue weighted by Crippen LogP contribution is 2.34. The van der Waals surface area contributed by atoms with Gasteiger partial charge in [-0.2, -0.15) is 0 Å². The van der Waals surface area contributed by atoms with Crippen molar-refractivity contribution in [2.45, 2.75) is 25.8 Å². The highest BCUT2D eigenvalue weighted by atomic mass is 35.5. The zero-order valence-corrected chi connectivity index (χ0v) is 20.0. The van der Waals surface area contributed by atoms with Gasteiger partial charge in [0, 0.05) is 11.2 Å². The van der Waals surface area contributed by atoms with Crippen molar-refractivity contribution in [1.29, 1.82) is 0 Å². The summed E-state index contributed by atoms with van der Waals surface area (Å²) in [6, 6.07) is 22.1. The Morgan fingerprint density at radius 1 is 0.971 bits per heavy atom. The Labute approximate surface area is 207 Å². The number of aromatic nitrogens is 3. The van der Waals surface area contributed by atoms with Crippen LogP contribution in [0.1, 0.15) is 18.5 Å². The summed E-state index contributed by atoms with van der Waals surface area (Å²) >= 11 is 12.9. The summed E-state index contributed by atoms with van der Waals surface area (Å²) in [4.78, 5) is 14.4. The summed E-state index contributed by atoms with van der Waals surface area (Å²) in [5.41, 5.74) is 7.22. The average Bonchev–Trinajstić information content (AvgIpc) is 3.64. The minimum atomic E-state index is 0.356. The first-order chi connectivity index (χ1) is 16.6. The van der Waals surface area contributed by atoms with E-state index in [1.54, 1.807) is 12.3 Å². The molecule has 0 atom stereocenters. The molecule has 0 radical (unpaired) electrons. The maximum absolute atomic E-state index is 6.69. The number of halogens is 2. The number of aryl methyl sites for hydroxylation is 1. The summed E-state index contributed by atoms with van der Waals surface area (Å²) in [5, 5.41) is 5.61. The molecule has 1 saturated carbocycles. The fraction of sp³-hybridized carbons (Fsp3) is 0.148. The third-order valence-electron chi connectivity index (χ3n) is 5.99. The highest BCUT2D eigenvalue weighted by Gasteiger charge is 2.22. The Kier molecular flexibility index (Phi) is 5.24. The van der Waals surface area contributed by atoms with E-state index in [2.05, 4.69) is 33.1 Å². The summed E-state index contributed by atoms with van der Waals surface area (Å²) in [6.45, 7) is 1.99. The van der Waals surface area contributed by atoms with Crippen molar-refractivity contribution in [2.75, 3.05) is 5.32 Å². The number of benzene rings is 3. The van der Waals surface area contributed by atoms with Crippen LogP contribution in [0.3, 0.4) is 0 Å². The molecule has 5 nitrogen and oxygen atoms in total. The molecule has 2 aliphatic carbocycles. The molecule has 2 aromatic carbocycles. The van der Waals surface area contributed by atoms with Crippen LogP contribution in [0.2, 0.25) is 10.0 Å². The molecule has 1 N–H and O–H groups in total. The van der Waals surface area contributed by atoms with E-state index < -0.39 is 0 Å². The Bertz CT molecular complexity index is 1590. The highest BCUT2D eigenvalue weighted by molar-refractivity contribution is 6.35. The maximum atomic E-state index is 6.69. The Morgan fingerprint density at radius 2 is 1.82 bits per heavy atom. The van der Waals surface area contributed by atoms with Crippen molar-refractivity contribution < 1.29 is 0 Å². The average molecular weight is 486 g/mol. The third-order valence-corrected chi connectivity index (χ3v) is 6.53. The van der Waals surface area contributed by atoms with Crippen molar-refractivity contribution in [1.82, 2.24) is 14.5 Å². The minimum Gasteiger partial charge on any atom is -0.352 e. The topological polar surface area (TPSA) is 55.1 Å². The molecule has 34 heavy (non-hydrogen) atoms. The molecule has 3 aliphatic rings. The zero-order valence-electron chi connectivity index (χ0n) is 18.5. The second-order valence-electron chi connectivity index (χ2n) is 8.51. The van der Waals surface area contributed by atoms with Gasteiger partial charge in [-0.15, -0.1) is 0 Å². The van der Waals surface area contributed by atoms with Gasteiger partial charge in [0.25, 0.3) is 0 Å². The lowest BCUT2D eigenvalue weighted by Gasteiger charge is -2.21. The molecule has 3 aromatic rings. The molecule has 0 unspecified atom stereocenters. The monoisotopic (exact) mass is 485 g/mol. The molecule has 0 spiro atoms. The number of anilines is 2. The molecule has 1 fully saturated rings. The molecule has 0 bridgehead atoms. The summed E-state index contributed by atoms with van der Waals surface area (Å²) < 4.78 is 2.14. The second kappa shape index (κ2) is 8.42. The zero-order chi connectivity index (χ0) is 23.2. The van der Waals surface area contributed by atoms with Crippen LogP contribution < -0.4 is 10.7 Å². The van der Waals surface area contributed by atoms with Crippen LogP contribution in [0.25, 0.3) is 28.1 Å². The summed E-state index contributed by atoms with van der Waals surface area (Å²) in [6.07, 6.45) is 4.02. The van der Waals surface area contributed by atoms with Crippen LogP contribution in [-0.2, 0) is 0 Å². The lowest BCUT2D eigenvalue weighted by molar-refractivity contribution is 0.997. The summed E-state index contributed by atoms with van der Waals surface area (Å²) in [7, 11) is 0. The van der Waals surface area contributed by atoms with E-state index in [-0.39, 0.29) is 0 Å². The maximum Gasteiger partial charge on any atom is 0.0900 e. The molecule has 2 heterocycles. The Morgan fingerprint density at radius 3 is 2.62 bits per heavy atom. The lowest BCUT2D eigenvalue weighted by Crippen LogP contribution is -2.16. The quantitative estimate of drug-likeness (QED) is 0.280. The van der Waals surface area contributed by atoms with Crippen LogP contribution in [0.5, 0.6) is 0 Å². The fourth-order valence-corrected chi connectivity index (χ4v) is 4.63. The number of pyridine rings is 1. The molecular formula is C27H21Cl2N5. The fourth-order valence-electron chi connectivity index (χ4n) is 4.13. The van der Waals surface area contributed by atoms with Gasteiger partial charge in [-0.05, 0) is 74.4 Å². The summed E-state index contributed by atoms with van der Waals surface area (Å²) in [5.74, 6) is 0. The Balaban J connectivity index is 1.66.